The van der Waals surface area contributed by atoms with Crippen LogP contribution in [0.4, 0.5) is 5.69 Å². The highest BCUT2D eigenvalue weighted by molar-refractivity contribution is 6.12. The van der Waals surface area contributed by atoms with Gasteiger partial charge in [-0.1, -0.05) is 35.9 Å². The number of aromatic nitrogens is 1. The predicted octanol–water partition coefficient (Wildman–Crippen LogP) is 5.29. The normalized spacial score (nSPS) is 13.9. The van der Waals surface area contributed by atoms with E-state index in [0.717, 1.165) is 33.4 Å². The fourth-order valence-corrected chi connectivity index (χ4v) is 3.53. The Balaban J connectivity index is 1.77. The number of benzene rings is 2. The molecule has 0 unspecified atom stereocenters. The maximum atomic E-state index is 13.1. The highest BCUT2D eigenvalue weighted by atomic mass is 16.1. The fourth-order valence-electron chi connectivity index (χ4n) is 3.53. The van der Waals surface area contributed by atoms with Crippen LogP contribution in [0.2, 0.25) is 0 Å². The lowest BCUT2D eigenvalue weighted by Gasteiger charge is -2.14. The number of amides is 1. The summed E-state index contributed by atoms with van der Waals surface area (Å²) in [6.45, 7) is 6.15. The predicted molar refractivity (Wildman–Crippen MR) is 102 cm³/mol. The van der Waals surface area contributed by atoms with Crippen LogP contribution in [0.25, 0.3) is 10.9 Å². The number of pyridine rings is 1. The third kappa shape index (κ3) is 3.02. The molecule has 0 saturated heterocycles. The topological polar surface area (TPSA) is 42.0 Å². The van der Waals surface area contributed by atoms with Gasteiger partial charge in [0.15, 0.2) is 0 Å². The zero-order chi connectivity index (χ0) is 17.6. The Labute approximate surface area is 148 Å². The summed E-state index contributed by atoms with van der Waals surface area (Å²) in [5.74, 6) is 0.453. The van der Waals surface area contributed by atoms with Crippen LogP contribution in [0.15, 0.2) is 42.5 Å². The Hall–Kier alpha value is -2.68. The Kier molecular flexibility index (Phi) is 3.79. The van der Waals surface area contributed by atoms with E-state index in [1.165, 1.54) is 18.4 Å². The Morgan fingerprint density at radius 3 is 2.40 bits per heavy atom. The second-order valence-corrected chi connectivity index (χ2v) is 7.11. The molecule has 3 nitrogen and oxygen atoms in total. The number of nitrogens with one attached hydrogen (secondary N) is 1. The Morgan fingerprint density at radius 2 is 1.72 bits per heavy atom. The Bertz CT molecular complexity index is 963. The van der Waals surface area contributed by atoms with Crippen LogP contribution in [0.1, 0.15) is 51.5 Å². The molecular formula is C22H22N2O. The van der Waals surface area contributed by atoms with Crippen LogP contribution in [-0.4, -0.2) is 10.9 Å². The molecule has 0 atom stereocenters. The van der Waals surface area contributed by atoms with Gasteiger partial charge in [-0.25, -0.2) is 0 Å². The number of nitrogens with zero attached hydrogens (tertiary/aromatic N) is 1. The van der Waals surface area contributed by atoms with E-state index in [1.54, 1.807) is 0 Å². The molecule has 2 aromatic carbocycles. The smallest absolute Gasteiger partial charge is 0.256 e. The first-order valence-corrected chi connectivity index (χ1v) is 8.82. The standard InChI is InChI=1S/C22H22N2O/c1-13-10-14(2)21(15(3)11-13)24-22(25)18-12-20(16-8-9-16)23-19-7-5-4-6-17(18)19/h4-7,10-12,16H,8-9H2,1-3H3,(H,24,25). The van der Waals surface area contributed by atoms with Crippen molar-refractivity contribution in [2.75, 3.05) is 5.32 Å². The van der Waals surface area contributed by atoms with Crippen LogP contribution in [-0.2, 0) is 0 Å². The van der Waals surface area contributed by atoms with E-state index >= 15 is 0 Å². The van der Waals surface area contributed by atoms with Gasteiger partial charge in [-0.3, -0.25) is 9.78 Å². The van der Waals surface area contributed by atoms with E-state index in [2.05, 4.69) is 24.4 Å². The van der Waals surface area contributed by atoms with Crippen molar-refractivity contribution < 1.29 is 4.79 Å². The van der Waals surface area contributed by atoms with Crippen LogP contribution in [0.3, 0.4) is 0 Å². The second-order valence-electron chi connectivity index (χ2n) is 7.11. The van der Waals surface area contributed by atoms with Gasteiger partial charge in [0.2, 0.25) is 0 Å². The summed E-state index contributed by atoms with van der Waals surface area (Å²) in [5, 5.41) is 4.04. The number of carbonyl (C=O) groups excluding carboxylic acids is 1. The van der Waals surface area contributed by atoms with Crippen molar-refractivity contribution in [3.63, 3.8) is 0 Å². The van der Waals surface area contributed by atoms with E-state index in [0.29, 0.717) is 11.5 Å². The number of aryl methyl sites for hydroxylation is 3. The molecule has 126 valence electrons. The highest BCUT2D eigenvalue weighted by Gasteiger charge is 2.27. The molecule has 1 heterocycles. The number of hydrogen-bond acceptors (Lipinski definition) is 2. The number of rotatable bonds is 3. The van der Waals surface area contributed by atoms with Crippen molar-refractivity contribution in [2.24, 2.45) is 0 Å². The molecular weight excluding hydrogens is 308 g/mol. The minimum Gasteiger partial charge on any atom is -0.321 e. The number of para-hydroxylation sites is 1. The maximum Gasteiger partial charge on any atom is 0.256 e. The monoisotopic (exact) mass is 330 g/mol. The van der Waals surface area contributed by atoms with Gasteiger partial charge in [-0.05, 0) is 56.9 Å². The molecule has 1 aliphatic carbocycles. The number of anilines is 1. The quantitative estimate of drug-likeness (QED) is 0.709. The largest absolute Gasteiger partial charge is 0.321 e. The van der Waals surface area contributed by atoms with Crippen LogP contribution in [0.5, 0.6) is 0 Å². The summed E-state index contributed by atoms with van der Waals surface area (Å²) in [6.07, 6.45) is 2.34. The number of carbonyl (C=O) groups is 1. The minimum atomic E-state index is -0.0597. The molecule has 4 rings (SSSR count). The summed E-state index contributed by atoms with van der Waals surface area (Å²) < 4.78 is 0. The minimum absolute atomic E-state index is 0.0597. The number of fused-ring (bicyclic) bond motifs is 1. The van der Waals surface area contributed by atoms with Crippen molar-refractivity contribution in [3.8, 4) is 0 Å². The summed E-state index contributed by atoms with van der Waals surface area (Å²) >= 11 is 0. The van der Waals surface area contributed by atoms with Crippen molar-refractivity contribution in [3.05, 3.63) is 70.4 Å². The molecule has 0 bridgehead atoms. The molecule has 0 spiro atoms. The van der Waals surface area contributed by atoms with Crippen molar-refractivity contribution in [2.45, 2.75) is 39.5 Å². The molecule has 0 aliphatic heterocycles. The van der Waals surface area contributed by atoms with E-state index in [1.807, 2.05) is 44.2 Å². The SMILES string of the molecule is Cc1cc(C)c(NC(=O)c2cc(C3CC3)nc3ccccc23)c(C)c1. The van der Waals surface area contributed by atoms with Gasteiger partial charge in [0.1, 0.15) is 0 Å². The first kappa shape index (κ1) is 15.8. The summed E-state index contributed by atoms with van der Waals surface area (Å²) in [5.41, 5.74) is 6.95. The lowest BCUT2D eigenvalue weighted by molar-refractivity contribution is 0.102. The third-order valence-corrected chi connectivity index (χ3v) is 4.89. The van der Waals surface area contributed by atoms with Crippen molar-refractivity contribution in [1.82, 2.24) is 4.98 Å². The molecule has 3 aromatic rings. The first-order valence-electron chi connectivity index (χ1n) is 8.82. The van der Waals surface area contributed by atoms with Gasteiger partial charge in [0, 0.05) is 22.7 Å². The maximum absolute atomic E-state index is 13.1. The van der Waals surface area contributed by atoms with E-state index in [-0.39, 0.29) is 5.91 Å². The average molecular weight is 330 g/mol. The molecule has 25 heavy (non-hydrogen) atoms. The summed E-state index contributed by atoms with van der Waals surface area (Å²) in [7, 11) is 0. The molecule has 0 radical (unpaired) electrons. The summed E-state index contributed by atoms with van der Waals surface area (Å²) in [4.78, 5) is 17.8. The molecule has 1 aliphatic rings. The van der Waals surface area contributed by atoms with Gasteiger partial charge in [-0.2, -0.15) is 0 Å². The molecule has 3 heteroatoms. The first-order chi connectivity index (χ1) is 12.0. The van der Waals surface area contributed by atoms with Gasteiger partial charge in [0.25, 0.3) is 5.91 Å². The molecule has 1 saturated carbocycles. The van der Waals surface area contributed by atoms with E-state index in [4.69, 9.17) is 4.98 Å². The summed E-state index contributed by atoms with van der Waals surface area (Å²) in [6, 6.07) is 14.1. The third-order valence-electron chi connectivity index (χ3n) is 4.89. The number of hydrogen-bond donors (Lipinski definition) is 1. The lowest BCUT2D eigenvalue weighted by Crippen LogP contribution is -2.15. The highest BCUT2D eigenvalue weighted by Crippen LogP contribution is 2.40. The Morgan fingerprint density at radius 1 is 1.04 bits per heavy atom. The van der Waals surface area contributed by atoms with Crippen LogP contribution >= 0.6 is 0 Å². The molecule has 1 fully saturated rings. The molecule has 1 amide bonds. The molecule has 1 N–H and O–H groups in total. The zero-order valence-electron chi connectivity index (χ0n) is 14.9. The van der Waals surface area contributed by atoms with Gasteiger partial charge >= 0.3 is 0 Å². The van der Waals surface area contributed by atoms with Gasteiger partial charge < -0.3 is 5.32 Å². The van der Waals surface area contributed by atoms with E-state index < -0.39 is 0 Å². The molecule has 1 aromatic heterocycles. The van der Waals surface area contributed by atoms with Gasteiger partial charge in [0.05, 0.1) is 11.1 Å². The lowest BCUT2D eigenvalue weighted by atomic mass is 10.0. The average Bonchev–Trinajstić information content (AvgIpc) is 3.42. The van der Waals surface area contributed by atoms with Crippen molar-refractivity contribution >= 4 is 22.5 Å². The zero-order valence-corrected chi connectivity index (χ0v) is 14.9. The fraction of sp³-hybridized carbons (Fsp3) is 0.273. The van der Waals surface area contributed by atoms with E-state index in [9.17, 15) is 4.79 Å². The van der Waals surface area contributed by atoms with Gasteiger partial charge in [-0.15, -0.1) is 0 Å². The van der Waals surface area contributed by atoms with Crippen LogP contribution < -0.4 is 5.32 Å². The van der Waals surface area contributed by atoms with Crippen LogP contribution in [0, 0.1) is 20.8 Å². The van der Waals surface area contributed by atoms with Crippen molar-refractivity contribution in [1.29, 1.82) is 0 Å². The second kappa shape index (κ2) is 5.99.